The highest BCUT2D eigenvalue weighted by atomic mass is 35.5. The Morgan fingerprint density at radius 2 is 2.00 bits per heavy atom. The molecule has 0 bridgehead atoms. The van der Waals surface area contributed by atoms with Gasteiger partial charge in [-0.3, -0.25) is 10.1 Å². The molecule has 4 nitrogen and oxygen atoms in total. The van der Waals surface area contributed by atoms with Gasteiger partial charge in [0.1, 0.15) is 0 Å². The summed E-state index contributed by atoms with van der Waals surface area (Å²) < 4.78 is 0. The number of benzene rings is 1. The Morgan fingerprint density at radius 1 is 1.32 bits per heavy atom. The van der Waals surface area contributed by atoms with Crippen LogP contribution in [-0.4, -0.2) is 11.5 Å². The van der Waals surface area contributed by atoms with Gasteiger partial charge in [-0.25, -0.2) is 0 Å². The molecule has 2 N–H and O–H groups in total. The van der Waals surface area contributed by atoms with Gasteiger partial charge in [0.05, 0.1) is 9.95 Å². The van der Waals surface area contributed by atoms with Crippen LogP contribution in [0.4, 0.5) is 5.69 Å². The van der Waals surface area contributed by atoms with E-state index in [0.29, 0.717) is 23.6 Å². The third kappa shape index (κ3) is 3.07. The van der Waals surface area contributed by atoms with Gasteiger partial charge in [0.25, 0.3) is 5.69 Å². The van der Waals surface area contributed by atoms with Gasteiger partial charge < -0.3 is 5.73 Å². The molecule has 2 rings (SSSR count). The largest absolute Gasteiger partial charge is 0.330 e. The Morgan fingerprint density at radius 3 is 2.58 bits per heavy atom. The fourth-order valence-corrected chi connectivity index (χ4v) is 3.26. The van der Waals surface area contributed by atoms with Crippen molar-refractivity contribution >= 4 is 17.3 Å². The number of nitrogens with two attached hydrogens (primary N) is 1. The Balaban J connectivity index is 2.33. The lowest BCUT2D eigenvalue weighted by Gasteiger charge is -2.36. The highest BCUT2D eigenvalue weighted by Crippen LogP contribution is 2.41. The van der Waals surface area contributed by atoms with Crippen molar-refractivity contribution in [2.24, 2.45) is 11.1 Å². The summed E-state index contributed by atoms with van der Waals surface area (Å²) >= 11 is 6.17. The molecule has 1 aromatic rings. The van der Waals surface area contributed by atoms with E-state index in [1.165, 1.54) is 12.5 Å². The van der Waals surface area contributed by atoms with Crippen molar-refractivity contribution in [3.05, 3.63) is 38.9 Å². The number of hydrogen-bond donors (Lipinski definition) is 1. The van der Waals surface area contributed by atoms with Gasteiger partial charge in [-0.2, -0.15) is 0 Å². The molecule has 1 aliphatic rings. The Bertz CT molecular complexity index is 471. The molecule has 19 heavy (non-hydrogen) atoms. The zero-order chi connectivity index (χ0) is 13.9. The van der Waals surface area contributed by atoms with E-state index in [1.54, 1.807) is 12.1 Å². The van der Waals surface area contributed by atoms with Gasteiger partial charge in [0.15, 0.2) is 0 Å². The number of hydrogen-bond acceptors (Lipinski definition) is 3. The summed E-state index contributed by atoms with van der Waals surface area (Å²) in [7, 11) is 0. The normalized spacial score (nSPS) is 18.2. The maximum absolute atomic E-state index is 11.1. The lowest BCUT2D eigenvalue weighted by molar-refractivity contribution is -0.385. The maximum atomic E-state index is 11.1. The van der Waals surface area contributed by atoms with Crippen LogP contribution in [0.5, 0.6) is 0 Å². The minimum absolute atomic E-state index is 0.0198. The molecule has 0 spiro atoms. The second-order valence-electron chi connectivity index (χ2n) is 5.44. The summed E-state index contributed by atoms with van der Waals surface area (Å²) in [6.07, 6.45) is 6.20. The number of halogens is 1. The first-order chi connectivity index (χ1) is 9.08. The first-order valence-electron chi connectivity index (χ1n) is 6.70. The van der Waals surface area contributed by atoms with Gasteiger partial charge >= 0.3 is 0 Å². The molecule has 0 unspecified atom stereocenters. The van der Waals surface area contributed by atoms with Crippen molar-refractivity contribution in [3.63, 3.8) is 0 Å². The van der Waals surface area contributed by atoms with Crippen molar-refractivity contribution in [1.29, 1.82) is 0 Å². The summed E-state index contributed by atoms with van der Waals surface area (Å²) in [5, 5.41) is 11.6. The second-order valence-corrected chi connectivity index (χ2v) is 5.84. The fourth-order valence-electron chi connectivity index (χ4n) is 3.02. The van der Waals surface area contributed by atoms with Gasteiger partial charge in [-0.15, -0.1) is 0 Å². The van der Waals surface area contributed by atoms with Crippen molar-refractivity contribution in [2.75, 3.05) is 6.54 Å². The molecule has 5 heteroatoms. The lowest BCUT2D eigenvalue weighted by atomic mass is 9.70. The molecule has 1 fully saturated rings. The predicted molar refractivity (Wildman–Crippen MR) is 76.4 cm³/mol. The standard InChI is InChI=1S/C14H19ClN2O2/c15-12-5-4-6-13(17(18)19)11(12)9-14(10-16)7-2-1-3-8-14/h4-6H,1-3,7-10,16H2. The predicted octanol–water partition coefficient (Wildman–Crippen LogP) is 3.70. The Labute approximate surface area is 118 Å². The summed E-state index contributed by atoms with van der Waals surface area (Å²) in [6, 6.07) is 4.87. The average Bonchev–Trinajstić information content (AvgIpc) is 2.42. The third-order valence-corrected chi connectivity index (χ3v) is 4.54. The average molecular weight is 283 g/mol. The van der Waals surface area contributed by atoms with Crippen LogP contribution in [0, 0.1) is 15.5 Å². The number of nitrogens with zero attached hydrogens (tertiary/aromatic N) is 1. The van der Waals surface area contributed by atoms with Gasteiger partial charge in [-0.05, 0) is 37.3 Å². The molecule has 104 valence electrons. The highest BCUT2D eigenvalue weighted by molar-refractivity contribution is 6.31. The highest BCUT2D eigenvalue weighted by Gasteiger charge is 2.33. The van der Waals surface area contributed by atoms with E-state index in [0.717, 1.165) is 25.7 Å². The summed E-state index contributed by atoms with van der Waals surface area (Å²) in [4.78, 5) is 10.8. The minimum Gasteiger partial charge on any atom is -0.330 e. The Kier molecular flexibility index (Phi) is 4.42. The van der Waals surface area contributed by atoms with Gasteiger partial charge in [0, 0.05) is 11.6 Å². The topological polar surface area (TPSA) is 69.2 Å². The number of rotatable bonds is 4. The molecule has 0 aliphatic heterocycles. The van der Waals surface area contributed by atoms with Crippen LogP contribution in [0.25, 0.3) is 0 Å². The van der Waals surface area contributed by atoms with E-state index in [4.69, 9.17) is 17.3 Å². The Hall–Kier alpha value is -1.13. The number of nitro groups is 1. The minimum atomic E-state index is -0.353. The lowest BCUT2D eigenvalue weighted by Crippen LogP contribution is -2.35. The van der Waals surface area contributed by atoms with E-state index in [9.17, 15) is 10.1 Å². The molecule has 0 aromatic heterocycles. The monoisotopic (exact) mass is 282 g/mol. The van der Waals surface area contributed by atoms with E-state index < -0.39 is 0 Å². The summed E-state index contributed by atoms with van der Waals surface area (Å²) in [5.41, 5.74) is 6.69. The van der Waals surface area contributed by atoms with Crippen molar-refractivity contribution in [1.82, 2.24) is 0 Å². The molecule has 0 saturated heterocycles. The van der Waals surface area contributed by atoms with E-state index in [-0.39, 0.29) is 16.0 Å². The van der Waals surface area contributed by atoms with Gasteiger partial charge in [0.2, 0.25) is 0 Å². The van der Waals surface area contributed by atoms with Crippen LogP contribution in [0.2, 0.25) is 5.02 Å². The van der Waals surface area contributed by atoms with Crippen molar-refractivity contribution < 1.29 is 4.92 Å². The first-order valence-corrected chi connectivity index (χ1v) is 7.08. The van der Waals surface area contributed by atoms with Crippen LogP contribution in [-0.2, 0) is 6.42 Å². The molecular formula is C14H19ClN2O2. The quantitative estimate of drug-likeness (QED) is 0.676. The molecule has 0 heterocycles. The molecule has 1 aliphatic carbocycles. The van der Waals surface area contributed by atoms with Crippen molar-refractivity contribution in [3.8, 4) is 0 Å². The van der Waals surface area contributed by atoms with E-state index >= 15 is 0 Å². The smallest absolute Gasteiger partial charge is 0.274 e. The zero-order valence-corrected chi connectivity index (χ0v) is 11.7. The molecule has 1 saturated carbocycles. The zero-order valence-electron chi connectivity index (χ0n) is 10.9. The molecular weight excluding hydrogens is 264 g/mol. The van der Waals surface area contributed by atoms with E-state index in [2.05, 4.69) is 0 Å². The van der Waals surface area contributed by atoms with Gasteiger partial charge in [-0.1, -0.05) is 36.9 Å². The van der Waals surface area contributed by atoms with Crippen LogP contribution >= 0.6 is 11.6 Å². The summed E-state index contributed by atoms with van der Waals surface area (Å²) in [5.74, 6) is 0. The van der Waals surface area contributed by atoms with Crippen LogP contribution in [0.3, 0.4) is 0 Å². The van der Waals surface area contributed by atoms with Crippen molar-refractivity contribution in [2.45, 2.75) is 38.5 Å². The molecule has 0 amide bonds. The molecule has 0 atom stereocenters. The molecule has 1 aromatic carbocycles. The van der Waals surface area contributed by atoms with Crippen LogP contribution in [0.15, 0.2) is 18.2 Å². The maximum Gasteiger partial charge on any atom is 0.274 e. The van der Waals surface area contributed by atoms with Crippen LogP contribution < -0.4 is 5.73 Å². The SMILES string of the molecule is NCC1(Cc2c(Cl)cccc2[N+](=O)[O-])CCCCC1. The molecule has 0 radical (unpaired) electrons. The summed E-state index contributed by atoms with van der Waals surface area (Å²) in [6.45, 7) is 0.565. The van der Waals surface area contributed by atoms with E-state index in [1.807, 2.05) is 0 Å². The third-order valence-electron chi connectivity index (χ3n) is 4.19. The fraction of sp³-hybridized carbons (Fsp3) is 0.571. The number of nitro benzene ring substituents is 1. The van der Waals surface area contributed by atoms with Crippen LogP contribution in [0.1, 0.15) is 37.7 Å². The second kappa shape index (κ2) is 5.88. The first kappa shape index (κ1) is 14.3.